The van der Waals surface area contributed by atoms with Crippen molar-refractivity contribution in [1.29, 1.82) is 0 Å². The third kappa shape index (κ3) is 8.33. The number of guanidine groups is 1. The third-order valence-electron chi connectivity index (χ3n) is 3.89. The second-order valence-electron chi connectivity index (χ2n) is 6.04. The van der Waals surface area contributed by atoms with Crippen molar-refractivity contribution < 1.29 is 9.47 Å². The number of aliphatic imine (C=N–C) groups is 1. The molecule has 0 saturated carbocycles. The van der Waals surface area contributed by atoms with Crippen molar-refractivity contribution >= 4 is 29.9 Å². The largest absolute Gasteiger partial charge is 0.496 e. The number of nitrogens with one attached hydrogen (secondary N) is 2. The molecule has 0 spiro atoms. The van der Waals surface area contributed by atoms with Crippen molar-refractivity contribution in [2.75, 3.05) is 26.8 Å². The summed E-state index contributed by atoms with van der Waals surface area (Å²) in [4.78, 5) is 8.95. The van der Waals surface area contributed by atoms with E-state index < -0.39 is 0 Å². The fourth-order valence-electron chi connectivity index (χ4n) is 2.53. The van der Waals surface area contributed by atoms with E-state index in [2.05, 4.69) is 40.5 Å². The van der Waals surface area contributed by atoms with Gasteiger partial charge in [0.05, 0.1) is 20.3 Å². The van der Waals surface area contributed by atoms with Crippen LogP contribution in [0.2, 0.25) is 0 Å². The van der Waals surface area contributed by atoms with Gasteiger partial charge < -0.3 is 20.1 Å². The Hall–Kier alpha value is -2.03. The van der Waals surface area contributed by atoms with Crippen molar-refractivity contribution in [2.45, 2.75) is 33.2 Å². The monoisotopic (exact) mass is 498 g/mol. The molecular weight excluding hydrogens is 467 g/mol. The summed E-state index contributed by atoms with van der Waals surface area (Å²) < 4.78 is 10.9. The summed E-state index contributed by atoms with van der Waals surface area (Å²) in [6.45, 7) is 6.96. The molecule has 0 saturated heterocycles. The van der Waals surface area contributed by atoms with Gasteiger partial charge in [-0.15, -0.1) is 24.0 Å². The van der Waals surface area contributed by atoms with E-state index in [0.29, 0.717) is 19.0 Å². The van der Waals surface area contributed by atoms with Crippen LogP contribution < -0.4 is 20.1 Å². The van der Waals surface area contributed by atoms with Crippen LogP contribution in [-0.2, 0) is 13.0 Å². The van der Waals surface area contributed by atoms with Gasteiger partial charge in [-0.05, 0) is 37.0 Å². The average Bonchev–Trinajstić information content (AvgIpc) is 2.71. The van der Waals surface area contributed by atoms with Crippen LogP contribution in [0.3, 0.4) is 0 Å². The lowest BCUT2D eigenvalue weighted by atomic mass is 10.1. The van der Waals surface area contributed by atoms with Gasteiger partial charge in [0.2, 0.25) is 5.88 Å². The second-order valence-corrected chi connectivity index (χ2v) is 6.04. The molecule has 1 aromatic carbocycles. The zero-order valence-electron chi connectivity index (χ0n) is 16.9. The van der Waals surface area contributed by atoms with E-state index in [0.717, 1.165) is 43.2 Å². The standard InChI is InChI=1S/C21H30N4O2.HI/c1-4-14-27-20-11-10-17(15-24-20)16-25-21(22-5-2)23-13-12-18-8-6-7-9-19(18)26-3;/h6-11,15H,4-5,12-14,16H2,1-3H3,(H2,22,23,25);1H. The Morgan fingerprint density at radius 1 is 1.11 bits per heavy atom. The molecule has 2 rings (SSSR count). The Morgan fingerprint density at radius 2 is 1.93 bits per heavy atom. The molecule has 0 amide bonds. The highest BCUT2D eigenvalue weighted by Crippen LogP contribution is 2.17. The van der Waals surface area contributed by atoms with Crippen LogP contribution in [0.5, 0.6) is 11.6 Å². The SMILES string of the molecule is CCCOc1ccc(CN=C(NCC)NCCc2ccccc2OC)cn1.I. The van der Waals surface area contributed by atoms with Crippen LogP contribution in [0, 0.1) is 0 Å². The Kier molecular flexibility index (Phi) is 12.0. The number of nitrogens with zero attached hydrogens (tertiary/aromatic N) is 2. The second kappa shape index (κ2) is 14.0. The maximum Gasteiger partial charge on any atom is 0.213 e. The van der Waals surface area contributed by atoms with Crippen LogP contribution >= 0.6 is 24.0 Å². The molecule has 0 fully saturated rings. The highest BCUT2D eigenvalue weighted by molar-refractivity contribution is 14.0. The van der Waals surface area contributed by atoms with Gasteiger partial charge in [0.15, 0.2) is 5.96 Å². The fraction of sp³-hybridized carbons (Fsp3) is 0.429. The molecule has 0 aliphatic carbocycles. The molecule has 0 radical (unpaired) electrons. The lowest BCUT2D eigenvalue weighted by Gasteiger charge is -2.13. The Bertz CT molecular complexity index is 708. The summed E-state index contributed by atoms with van der Waals surface area (Å²) in [6.07, 6.45) is 3.65. The average molecular weight is 498 g/mol. The van der Waals surface area contributed by atoms with Crippen LogP contribution in [0.15, 0.2) is 47.6 Å². The Morgan fingerprint density at radius 3 is 2.61 bits per heavy atom. The first-order chi connectivity index (χ1) is 13.3. The maximum atomic E-state index is 5.51. The number of aromatic nitrogens is 1. The molecule has 0 aliphatic rings. The van der Waals surface area contributed by atoms with Gasteiger partial charge in [-0.2, -0.15) is 0 Å². The minimum atomic E-state index is 0. The molecule has 28 heavy (non-hydrogen) atoms. The zero-order valence-corrected chi connectivity index (χ0v) is 19.2. The van der Waals surface area contributed by atoms with Gasteiger partial charge in [-0.3, -0.25) is 0 Å². The maximum absolute atomic E-state index is 5.51. The molecule has 0 atom stereocenters. The van der Waals surface area contributed by atoms with E-state index in [-0.39, 0.29) is 24.0 Å². The van der Waals surface area contributed by atoms with Crippen LogP contribution in [0.4, 0.5) is 0 Å². The minimum Gasteiger partial charge on any atom is -0.496 e. The third-order valence-corrected chi connectivity index (χ3v) is 3.89. The first kappa shape index (κ1) is 24.0. The Labute approximate surface area is 185 Å². The smallest absolute Gasteiger partial charge is 0.213 e. The number of rotatable bonds is 10. The van der Waals surface area contributed by atoms with E-state index in [9.17, 15) is 0 Å². The zero-order chi connectivity index (χ0) is 19.3. The van der Waals surface area contributed by atoms with E-state index in [1.165, 1.54) is 5.56 Å². The fourth-order valence-corrected chi connectivity index (χ4v) is 2.53. The summed E-state index contributed by atoms with van der Waals surface area (Å²) in [5, 5.41) is 6.64. The topological polar surface area (TPSA) is 67.8 Å². The van der Waals surface area contributed by atoms with Crippen molar-refractivity contribution in [3.05, 3.63) is 53.7 Å². The molecule has 154 valence electrons. The van der Waals surface area contributed by atoms with Gasteiger partial charge >= 0.3 is 0 Å². The number of ether oxygens (including phenoxy) is 2. The molecule has 0 bridgehead atoms. The molecular formula is C21H31IN4O2. The lowest BCUT2D eigenvalue weighted by Crippen LogP contribution is -2.38. The van der Waals surface area contributed by atoms with E-state index in [4.69, 9.17) is 9.47 Å². The molecule has 7 heteroatoms. The summed E-state index contributed by atoms with van der Waals surface area (Å²) in [6, 6.07) is 12.0. The molecule has 6 nitrogen and oxygen atoms in total. The number of hydrogen-bond donors (Lipinski definition) is 2. The number of pyridine rings is 1. The number of para-hydroxylation sites is 1. The van der Waals surface area contributed by atoms with Crippen LogP contribution in [0.25, 0.3) is 0 Å². The quantitative estimate of drug-likeness (QED) is 0.297. The number of hydrogen-bond acceptors (Lipinski definition) is 4. The van der Waals surface area contributed by atoms with Gasteiger partial charge in [0.1, 0.15) is 5.75 Å². The molecule has 1 aromatic heterocycles. The predicted octanol–water partition coefficient (Wildman–Crippen LogP) is 3.79. The number of benzene rings is 1. The first-order valence-corrected chi connectivity index (χ1v) is 9.48. The summed E-state index contributed by atoms with van der Waals surface area (Å²) >= 11 is 0. The van der Waals surface area contributed by atoms with Crippen molar-refractivity contribution in [1.82, 2.24) is 15.6 Å². The molecule has 2 N–H and O–H groups in total. The normalized spacial score (nSPS) is 10.8. The minimum absolute atomic E-state index is 0. The van der Waals surface area contributed by atoms with Gasteiger partial charge in [0, 0.05) is 25.4 Å². The summed E-state index contributed by atoms with van der Waals surface area (Å²) in [5.74, 6) is 2.36. The van der Waals surface area contributed by atoms with E-state index >= 15 is 0 Å². The summed E-state index contributed by atoms with van der Waals surface area (Å²) in [7, 11) is 1.70. The van der Waals surface area contributed by atoms with Crippen LogP contribution in [-0.4, -0.2) is 37.7 Å². The highest BCUT2D eigenvalue weighted by Gasteiger charge is 2.03. The van der Waals surface area contributed by atoms with Crippen molar-refractivity contribution in [3.63, 3.8) is 0 Å². The highest BCUT2D eigenvalue weighted by atomic mass is 127. The molecule has 0 unspecified atom stereocenters. The van der Waals surface area contributed by atoms with E-state index in [1.807, 2.05) is 36.5 Å². The van der Waals surface area contributed by atoms with Crippen molar-refractivity contribution in [2.24, 2.45) is 4.99 Å². The molecule has 2 aromatic rings. The van der Waals surface area contributed by atoms with E-state index in [1.54, 1.807) is 7.11 Å². The van der Waals surface area contributed by atoms with Gasteiger partial charge in [0.25, 0.3) is 0 Å². The van der Waals surface area contributed by atoms with Gasteiger partial charge in [-0.1, -0.05) is 31.2 Å². The predicted molar refractivity (Wildman–Crippen MR) is 125 cm³/mol. The first-order valence-electron chi connectivity index (χ1n) is 9.48. The Balaban J connectivity index is 0.00000392. The molecule has 1 heterocycles. The van der Waals surface area contributed by atoms with Gasteiger partial charge in [-0.25, -0.2) is 9.98 Å². The van der Waals surface area contributed by atoms with Crippen molar-refractivity contribution in [3.8, 4) is 11.6 Å². The summed E-state index contributed by atoms with van der Waals surface area (Å²) in [5.41, 5.74) is 2.22. The lowest BCUT2D eigenvalue weighted by molar-refractivity contribution is 0.305. The molecule has 0 aliphatic heterocycles. The van der Waals surface area contributed by atoms with Crippen LogP contribution in [0.1, 0.15) is 31.4 Å². The number of methoxy groups -OCH3 is 1. The number of halogens is 1.